The third-order valence-corrected chi connectivity index (χ3v) is 3.52. The fourth-order valence-corrected chi connectivity index (χ4v) is 2.55. The standard InChI is InChI=1S/C15H11N3O3/c16-8-9-4-6-10(7-5-9)18-14-11(2-1-3-12(14)19)13(17-18)15(20)21/h4-7H,1-3H2,(H,20,21). The van der Waals surface area contributed by atoms with Gasteiger partial charge in [0.25, 0.3) is 0 Å². The minimum Gasteiger partial charge on any atom is -0.476 e. The Morgan fingerprint density at radius 3 is 2.62 bits per heavy atom. The number of carboxylic acids is 1. The minimum absolute atomic E-state index is 0.0672. The largest absolute Gasteiger partial charge is 0.476 e. The van der Waals surface area contributed by atoms with E-state index in [1.54, 1.807) is 24.3 Å². The molecule has 1 aliphatic rings. The maximum Gasteiger partial charge on any atom is 0.356 e. The van der Waals surface area contributed by atoms with E-state index in [-0.39, 0.29) is 11.5 Å². The topological polar surface area (TPSA) is 96.0 Å². The number of nitriles is 1. The zero-order valence-electron chi connectivity index (χ0n) is 11.0. The summed E-state index contributed by atoms with van der Waals surface area (Å²) in [4.78, 5) is 23.4. The summed E-state index contributed by atoms with van der Waals surface area (Å²) in [7, 11) is 0. The molecule has 1 aromatic heterocycles. The number of ketones is 1. The van der Waals surface area contributed by atoms with E-state index in [4.69, 9.17) is 5.26 Å². The average molecular weight is 281 g/mol. The van der Waals surface area contributed by atoms with Gasteiger partial charge in [-0.3, -0.25) is 4.79 Å². The predicted octanol–water partition coefficient (Wildman–Crippen LogP) is 1.96. The number of Topliss-reactive ketones (excluding diaryl/α,β-unsaturated/α-hetero) is 1. The zero-order valence-corrected chi connectivity index (χ0v) is 11.0. The highest BCUT2D eigenvalue weighted by Gasteiger charge is 2.30. The molecule has 0 radical (unpaired) electrons. The first-order valence-electron chi connectivity index (χ1n) is 6.50. The number of benzene rings is 1. The minimum atomic E-state index is -1.13. The van der Waals surface area contributed by atoms with Crippen LogP contribution in [0.4, 0.5) is 0 Å². The van der Waals surface area contributed by atoms with E-state index in [2.05, 4.69) is 5.10 Å². The maximum atomic E-state index is 12.1. The van der Waals surface area contributed by atoms with Gasteiger partial charge in [-0.1, -0.05) is 0 Å². The molecule has 3 rings (SSSR count). The van der Waals surface area contributed by atoms with Crippen LogP contribution in [0.5, 0.6) is 0 Å². The second-order valence-corrected chi connectivity index (χ2v) is 4.83. The van der Waals surface area contributed by atoms with Crippen LogP contribution in [0.15, 0.2) is 24.3 Å². The zero-order chi connectivity index (χ0) is 15.0. The average Bonchev–Trinajstić information content (AvgIpc) is 2.88. The second-order valence-electron chi connectivity index (χ2n) is 4.83. The van der Waals surface area contributed by atoms with E-state index in [0.717, 1.165) is 0 Å². The van der Waals surface area contributed by atoms with E-state index in [1.807, 2.05) is 6.07 Å². The monoisotopic (exact) mass is 281 g/mol. The number of nitrogens with zero attached hydrogens (tertiary/aromatic N) is 3. The first-order valence-corrected chi connectivity index (χ1v) is 6.50. The lowest BCUT2D eigenvalue weighted by Crippen LogP contribution is -2.15. The molecular weight excluding hydrogens is 270 g/mol. The fourth-order valence-electron chi connectivity index (χ4n) is 2.55. The van der Waals surface area contributed by atoms with Gasteiger partial charge >= 0.3 is 5.97 Å². The first-order chi connectivity index (χ1) is 10.1. The van der Waals surface area contributed by atoms with Crippen molar-refractivity contribution in [3.05, 3.63) is 46.8 Å². The molecular formula is C15H11N3O3. The number of carbonyl (C=O) groups is 2. The van der Waals surface area contributed by atoms with Crippen LogP contribution in [0, 0.1) is 11.3 Å². The van der Waals surface area contributed by atoms with E-state index >= 15 is 0 Å². The molecule has 6 nitrogen and oxygen atoms in total. The van der Waals surface area contributed by atoms with Gasteiger partial charge < -0.3 is 5.11 Å². The molecule has 1 heterocycles. The summed E-state index contributed by atoms with van der Waals surface area (Å²) in [5.74, 6) is -1.23. The summed E-state index contributed by atoms with van der Waals surface area (Å²) in [5.41, 5.74) is 1.85. The molecule has 0 spiro atoms. The molecule has 104 valence electrons. The fraction of sp³-hybridized carbons (Fsp3) is 0.200. The lowest BCUT2D eigenvalue weighted by Gasteiger charge is -2.12. The summed E-state index contributed by atoms with van der Waals surface area (Å²) in [6, 6.07) is 8.53. The lowest BCUT2D eigenvalue weighted by atomic mass is 9.94. The van der Waals surface area contributed by atoms with Gasteiger partial charge in [0.05, 0.1) is 17.3 Å². The number of hydrogen-bond donors (Lipinski definition) is 1. The van der Waals surface area contributed by atoms with Gasteiger partial charge in [0.15, 0.2) is 11.5 Å². The van der Waals surface area contributed by atoms with Crippen molar-refractivity contribution in [1.29, 1.82) is 5.26 Å². The van der Waals surface area contributed by atoms with Crippen molar-refractivity contribution in [2.24, 2.45) is 0 Å². The lowest BCUT2D eigenvalue weighted by molar-refractivity contribution is 0.0688. The van der Waals surface area contributed by atoms with Gasteiger partial charge in [-0.2, -0.15) is 10.4 Å². The van der Waals surface area contributed by atoms with Crippen LogP contribution in [-0.2, 0) is 6.42 Å². The molecule has 0 saturated carbocycles. The Kier molecular flexibility index (Phi) is 3.03. The molecule has 0 aliphatic heterocycles. The van der Waals surface area contributed by atoms with Gasteiger partial charge in [0, 0.05) is 12.0 Å². The maximum absolute atomic E-state index is 12.1. The summed E-state index contributed by atoms with van der Waals surface area (Å²) in [6.45, 7) is 0. The number of carbonyl (C=O) groups excluding carboxylic acids is 1. The Labute approximate surface area is 120 Å². The Morgan fingerprint density at radius 2 is 2.00 bits per heavy atom. The number of aromatic carboxylic acids is 1. The third kappa shape index (κ3) is 2.09. The van der Waals surface area contributed by atoms with Crippen molar-refractivity contribution in [2.45, 2.75) is 19.3 Å². The second kappa shape index (κ2) is 4.87. The molecule has 2 aromatic rings. The highest BCUT2D eigenvalue weighted by molar-refractivity contribution is 6.01. The number of carboxylic acid groups (broad SMARTS) is 1. The number of aromatic nitrogens is 2. The van der Waals surface area contributed by atoms with Gasteiger partial charge in [-0.05, 0) is 37.1 Å². The molecule has 0 bridgehead atoms. The molecule has 6 heteroatoms. The molecule has 0 fully saturated rings. The van der Waals surface area contributed by atoms with Crippen molar-refractivity contribution in [3.63, 3.8) is 0 Å². The molecule has 21 heavy (non-hydrogen) atoms. The Hall–Kier alpha value is -2.94. The van der Waals surface area contributed by atoms with Crippen LogP contribution in [0.3, 0.4) is 0 Å². The summed E-state index contributed by atoms with van der Waals surface area (Å²) >= 11 is 0. The molecule has 0 saturated heterocycles. The van der Waals surface area contributed by atoms with Gasteiger partial charge in [0.1, 0.15) is 5.69 Å². The van der Waals surface area contributed by atoms with Gasteiger partial charge in [-0.15, -0.1) is 0 Å². The Bertz CT molecular complexity index is 782. The van der Waals surface area contributed by atoms with Crippen molar-refractivity contribution < 1.29 is 14.7 Å². The highest BCUT2D eigenvalue weighted by Crippen LogP contribution is 2.27. The number of fused-ring (bicyclic) bond motifs is 1. The molecule has 1 aliphatic carbocycles. The van der Waals surface area contributed by atoms with E-state index in [0.29, 0.717) is 41.8 Å². The van der Waals surface area contributed by atoms with Crippen LogP contribution < -0.4 is 0 Å². The summed E-state index contributed by atoms with van der Waals surface area (Å²) in [5, 5.41) is 22.1. The Balaban J connectivity index is 2.20. The van der Waals surface area contributed by atoms with E-state index in [9.17, 15) is 14.7 Å². The quantitative estimate of drug-likeness (QED) is 0.907. The molecule has 0 atom stereocenters. The molecule has 1 N–H and O–H groups in total. The predicted molar refractivity (Wildman–Crippen MR) is 72.5 cm³/mol. The van der Waals surface area contributed by atoms with Crippen LogP contribution in [0.1, 0.15) is 44.9 Å². The molecule has 0 amide bonds. The van der Waals surface area contributed by atoms with Crippen molar-refractivity contribution in [3.8, 4) is 11.8 Å². The Morgan fingerprint density at radius 1 is 1.29 bits per heavy atom. The SMILES string of the molecule is N#Cc1ccc(-n2nc(C(=O)O)c3c2C(=O)CCC3)cc1. The van der Waals surface area contributed by atoms with Gasteiger partial charge in [-0.25, -0.2) is 9.48 Å². The third-order valence-electron chi connectivity index (χ3n) is 3.52. The smallest absolute Gasteiger partial charge is 0.356 e. The van der Waals surface area contributed by atoms with Crippen LogP contribution in [-0.4, -0.2) is 26.6 Å². The van der Waals surface area contributed by atoms with E-state index in [1.165, 1.54) is 4.68 Å². The first kappa shape index (κ1) is 13.1. The van der Waals surface area contributed by atoms with Crippen molar-refractivity contribution in [2.75, 3.05) is 0 Å². The summed E-state index contributed by atoms with van der Waals surface area (Å²) < 4.78 is 1.38. The highest BCUT2D eigenvalue weighted by atomic mass is 16.4. The summed E-state index contributed by atoms with van der Waals surface area (Å²) in [6.07, 6.45) is 1.58. The normalized spacial score (nSPS) is 13.6. The van der Waals surface area contributed by atoms with E-state index < -0.39 is 5.97 Å². The van der Waals surface area contributed by atoms with Crippen molar-refractivity contribution in [1.82, 2.24) is 9.78 Å². The number of hydrogen-bond acceptors (Lipinski definition) is 4. The molecule has 0 unspecified atom stereocenters. The molecule has 1 aromatic carbocycles. The number of rotatable bonds is 2. The van der Waals surface area contributed by atoms with Gasteiger partial charge in [0.2, 0.25) is 0 Å². The van der Waals surface area contributed by atoms with Crippen molar-refractivity contribution >= 4 is 11.8 Å². The van der Waals surface area contributed by atoms with Crippen LogP contribution in [0.25, 0.3) is 5.69 Å². The van der Waals surface area contributed by atoms with Crippen LogP contribution in [0.2, 0.25) is 0 Å². The van der Waals surface area contributed by atoms with Crippen LogP contribution >= 0.6 is 0 Å².